The Balaban J connectivity index is 1.43. The van der Waals surface area contributed by atoms with E-state index in [4.69, 9.17) is 0 Å². The number of aromatic nitrogens is 4. The average molecular weight is 513 g/mol. The number of hydrogen-bond donors (Lipinski definition) is 3. The van der Waals surface area contributed by atoms with Gasteiger partial charge in [-0.3, -0.25) is 9.78 Å². The van der Waals surface area contributed by atoms with Gasteiger partial charge in [0.15, 0.2) is 0 Å². The van der Waals surface area contributed by atoms with E-state index in [0.29, 0.717) is 12.1 Å². The first kappa shape index (κ1) is 26.9. The molecule has 0 fully saturated rings. The minimum absolute atomic E-state index is 0.119. The summed E-state index contributed by atoms with van der Waals surface area (Å²) in [7, 11) is 3.69. The lowest BCUT2D eigenvalue weighted by atomic mass is 9.96. The number of carbonyl (C=O) groups excluding carboxylic acids is 1. The van der Waals surface area contributed by atoms with Crippen LogP contribution in [0.4, 0.5) is 11.6 Å². The second-order valence-corrected chi connectivity index (χ2v) is 9.33. The Kier molecular flexibility index (Phi) is 9.16. The van der Waals surface area contributed by atoms with E-state index in [2.05, 4.69) is 60.7 Å². The number of pyridine rings is 2. The zero-order valence-corrected chi connectivity index (χ0v) is 22.5. The van der Waals surface area contributed by atoms with Crippen LogP contribution in [0.25, 0.3) is 22.2 Å². The van der Waals surface area contributed by atoms with Gasteiger partial charge in [-0.15, -0.1) is 0 Å². The molecule has 0 saturated heterocycles. The van der Waals surface area contributed by atoms with Crippen molar-refractivity contribution in [2.45, 2.75) is 26.2 Å². The van der Waals surface area contributed by atoms with Crippen molar-refractivity contribution in [1.82, 2.24) is 30.6 Å². The number of amides is 1. The molecule has 0 aliphatic heterocycles. The number of likely N-dealkylation sites (N-methyl/N-ethyl adjacent to an activating group) is 1. The van der Waals surface area contributed by atoms with Crippen LogP contribution in [-0.4, -0.2) is 66.1 Å². The number of carbonyl (C=O) groups is 1. The van der Waals surface area contributed by atoms with E-state index in [1.165, 1.54) is 0 Å². The SMILES string of the molecule is CCCNCCN(C)c1ccc(-c2cc(NC[C@@H](C)c3cccc4c(C(=O)NC)ccnc34)ncn2)cn1. The molecule has 9 nitrogen and oxygen atoms in total. The van der Waals surface area contributed by atoms with E-state index in [9.17, 15) is 4.79 Å². The highest BCUT2D eigenvalue weighted by atomic mass is 16.1. The van der Waals surface area contributed by atoms with Crippen LogP contribution in [0.15, 0.2) is 61.2 Å². The summed E-state index contributed by atoms with van der Waals surface area (Å²) in [4.78, 5) is 32.5. The molecule has 198 valence electrons. The van der Waals surface area contributed by atoms with E-state index >= 15 is 0 Å². The fourth-order valence-corrected chi connectivity index (χ4v) is 4.34. The highest BCUT2D eigenvalue weighted by Gasteiger charge is 2.15. The predicted octanol–water partition coefficient (Wildman–Crippen LogP) is 4.10. The molecule has 0 unspecified atom stereocenters. The predicted molar refractivity (Wildman–Crippen MR) is 154 cm³/mol. The first-order valence-corrected chi connectivity index (χ1v) is 13.1. The minimum Gasteiger partial charge on any atom is -0.369 e. The molecule has 3 heterocycles. The zero-order chi connectivity index (χ0) is 26.9. The van der Waals surface area contributed by atoms with Gasteiger partial charge in [0.05, 0.1) is 16.8 Å². The first-order valence-electron chi connectivity index (χ1n) is 13.1. The molecular formula is C29H36N8O. The van der Waals surface area contributed by atoms with Crippen LogP contribution in [0, 0.1) is 0 Å². The molecule has 0 saturated carbocycles. The maximum absolute atomic E-state index is 12.3. The van der Waals surface area contributed by atoms with Gasteiger partial charge in [0.2, 0.25) is 0 Å². The number of fused-ring (bicyclic) bond motifs is 1. The molecule has 1 atom stereocenters. The molecule has 0 aliphatic carbocycles. The molecule has 9 heteroatoms. The fraction of sp³-hybridized carbons (Fsp3) is 0.345. The summed E-state index contributed by atoms with van der Waals surface area (Å²) in [5.41, 5.74) is 4.28. The van der Waals surface area contributed by atoms with E-state index in [1.807, 2.05) is 43.6 Å². The molecule has 3 aromatic heterocycles. The normalized spacial score (nSPS) is 11.8. The van der Waals surface area contributed by atoms with Gasteiger partial charge < -0.3 is 20.9 Å². The maximum atomic E-state index is 12.3. The number of benzene rings is 1. The van der Waals surface area contributed by atoms with Gasteiger partial charge in [-0.1, -0.05) is 32.0 Å². The number of anilines is 2. The summed E-state index contributed by atoms with van der Waals surface area (Å²) in [6, 6.07) is 13.7. The number of nitrogens with one attached hydrogen (secondary N) is 3. The van der Waals surface area contributed by atoms with Crippen LogP contribution in [0.1, 0.15) is 42.1 Å². The van der Waals surface area contributed by atoms with Gasteiger partial charge in [0, 0.05) is 69.1 Å². The topological polar surface area (TPSA) is 108 Å². The van der Waals surface area contributed by atoms with Crippen LogP contribution in [-0.2, 0) is 0 Å². The van der Waals surface area contributed by atoms with Gasteiger partial charge in [-0.2, -0.15) is 0 Å². The Morgan fingerprint density at radius 1 is 1.05 bits per heavy atom. The van der Waals surface area contributed by atoms with Crippen molar-refractivity contribution in [1.29, 1.82) is 0 Å². The van der Waals surface area contributed by atoms with Gasteiger partial charge in [0.25, 0.3) is 5.91 Å². The van der Waals surface area contributed by atoms with Gasteiger partial charge in [0.1, 0.15) is 18.0 Å². The third-order valence-corrected chi connectivity index (χ3v) is 6.55. The van der Waals surface area contributed by atoms with Crippen LogP contribution in [0.2, 0.25) is 0 Å². The molecule has 38 heavy (non-hydrogen) atoms. The summed E-state index contributed by atoms with van der Waals surface area (Å²) < 4.78 is 0. The lowest BCUT2D eigenvalue weighted by Crippen LogP contribution is -2.29. The van der Waals surface area contributed by atoms with Crippen molar-refractivity contribution in [2.24, 2.45) is 0 Å². The molecule has 4 rings (SSSR count). The summed E-state index contributed by atoms with van der Waals surface area (Å²) in [6.07, 6.45) is 6.24. The van der Waals surface area contributed by atoms with Crippen molar-refractivity contribution in [3.63, 3.8) is 0 Å². The summed E-state index contributed by atoms with van der Waals surface area (Å²) >= 11 is 0. The number of rotatable bonds is 12. The third kappa shape index (κ3) is 6.41. The molecular weight excluding hydrogens is 476 g/mol. The maximum Gasteiger partial charge on any atom is 0.251 e. The van der Waals surface area contributed by atoms with Crippen LogP contribution >= 0.6 is 0 Å². The van der Waals surface area contributed by atoms with E-state index in [0.717, 1.165) is 65.4 Å². The molecule has 4 aromatic rings. The minimum atomic E-state index is -0.119. The molecule has 1 aromatic carbocycles. The lowest BCUT2D eigenvalue weighted by molar-refractivity contribution is 0.0964. The van der Waals surface area contributed by atoms with Crippen LogP contribution < -0.4 is 20.9 Å². The average Bonchev–Trinajstić information content (AvgIpc) is 2.97. The Morgan fingerprint density at radius 3 is 2.68 bits per heavy atom. The fourth-order valence-electron chi connectivity index (χ4n) is 4.34. The van der Waals surface area contributed by atoms with E-state index in [1.54, 1.807) is 25.6 Å². The molecule has 0 bridgehead atoms. The molecule has 1 amide bonds. The number of para-hydroxylation sites is 1. The second kappa shape index (κ2) is 12.9. The first-order chi connectivity index (χ1) is 18.5. The monoisotopic (exact) mass is 512 g/mol. The molecule has 0 spiro atoms. The van der Waals surface area contributed by atoms with E-state index < -0.39 is 0 Å². The van der Waals surface area contributed by atoms with Crippen molar-refractivity contribution in [2.75, 3.05) is 50.5 Å². The van der Waals surface area contributed by atoms with E-state index in [-0.39, 0.29) is 11.8 Å². The smallest absolute Gasteiger partial charge is 0.251 e. The number of hydrogen-bond acceptors (Lipinski definition) is 8. The van der Waals surface area contributed by atoms with Gasteiger partial charge in [-0.25, -0.2) is 15.0 Å². The molecule has 3 N–H and O–H groups in total. The summed E-state index contributed by atoms with van der Waals surface area (Å²) in [6.45, 7) is 7.80. The largest absolute Gasteiger partial charge is 0.369 e. The third-order valence-electron chi connectivity index (χ3n) is 6.55. The van der Waals surface area contributed by atoms with Crippen molar-refractivity contribution < 1.29 is 4.79 Å². The van der Waals surface area contributed by atoms with Crippen LogP contribution in [0.3, 0.4) is 0 Å². The zero-order valence-electron chi connectivity index (χ0n) is 22.5. The standard InChI is InChI=1S/C29H36N8O/c1-5-12-31-14-15-37(4)27-10-9-21(18-34-27)25-16-26(36-19-35-25)33-17-20(2)22-7-6-8-23-24(29(38)30-3)11-13-32-28(22)23/h6-11,13,16,18-20,31H,5,12,14-15,17H2,1-4H3,(H,30,38)(H,33,35,36)/t20-/m1/s1. The quantitative estimate of drug-likeness (QED) is 0.244. The summed E-state index contributed by atoms with van der Waals surface area (Å²) in [5, 5.41) is 10.4. The Labute approximate surface area is 224 Å². The summed E-state index contributed by atoms with van der Waals surface area (Å²) in [5.74, 6) is 1.68. The number of nitrogens with zero attached hydrogens (tertiary/aromatic N) is 5. The Hall–Kier alpha value is -4.11. The van der Waals surface area contributed by atoms with Crippen LogP contribution in [0.5, 0.6) is 0 Å². The Morgan fingerprint density at radius 2 is 1.92 bits per heavy atom. The highest BCUT2D eigenvalue weighted by molar-refractivity contribution is 6.06. The van der Waals surface area contributed by atoms with Crippen molar-refractivity contribution >= 4 is 28.4 Å². The van der Waals surface area contributed by atoms with Crippen molar-refractivity contribution in [3.8, 4) is 11.3 Å². The lowest BCUT2D eigenvalue weighted by Gasteiger charge is -2.18. The van der Waals surface area contributed by atoms with Gasteiger partial charge >= 0.3 is 0 Å². The van der Waals surface area contributed by atoms with Crippen molar-refractivity contribution in [3.05, 3.63) is 72.3 Å². The molecule has 0 radical (unpaired) electrons. The highest BCUT2D eigenvalue weighted by Crippen LogP contribution is 2.27. The Bertz CT molecular complexity index is 1360. The second-order valence-electron chi connectivity index (χ2n) is 9.33. The molecule has 0 aliphatic rings. The van der Waals surface area contributed by atoms with Gasteiger partial charge in [-0.05, 0) is 36.7 Å².